The largest absolute Gasteiger partial charge is 0.465 e. The van der Waals surface area contributed by atoms with Gasteiger partial charge in [0.1, 0.15) is 17.5 Å². The summed E-state index contributed by atoms with van der Waals surface area (Å²) in [6.07, 6.45) is 3.42. The van der Waals surface area contributed by atoms with E-state index in [0.717, 1.165) is 11.1 Å². The number of allylic oxidation sites excluding steroid dienone is 2. The van der Waals surface area contributed by atoms with Gasteiger partial charge in [0.2, 0.25) is 0 Å². The molecule has 124 valence electrons. The summed E-state index contributed by atoms with van der Waals surface area (Å²) in [5.41, 5.74) is 1.44. The summed E-state index contributed by atoms with van der Waals surface area (Å²) in [7, 11) is 0. The Hall–Kier alpha value is -2.69. The van der Waals surface area contributed by atoms with Crippen molar-refractivity contribution in [3.8, 4) is 0 Å². The number of rotatable bonds is 4. The van der Waals surface area contributed by atoms with Gasteiger partial charge in [-0.25, -0.2) is 4.39 Å². The molecule has 3 rings (SSSR count). The highest BCUT2D eigenvalue weighted by atomic mass is 19.1. The lowest BCUT2D eigenvalue weighted by molar-refractivity contribution is -0.151. The molecule has 0 saturated carbocycles. The quantitative estimate of drug-likeness (QED) is 0.634. The van der Waals surface area contributed by atoms with Gasteiger partial charge in [0, 0.05) is 5.92 Å². The van der Waals surface area contributed by atoms with Crippen LogP contribution in [0.2, 0.25) is 0 Å². The lowest BCUT2D eigenvalue weighted by atomic mass is 9.74. The van der Waals surface area contributed by atoms with Crippen molar-refractivity contribution in [3.63, 3.8) is 0 Å². The van der Waals surface area contributed by atoms with Gasteiger partial charge in [0.15, 0.2) is 5.78 Å². The molecule has 5 heteroatoms. The number of benzene rings is 1. The summed E-state index contributed by atoms with van der Waals surface area (Å²) < 4.78 is 23.7. The Morgan fingerprint density at radius 2 is 2.04 bits per heavy atom. The molecule has 0 aliphatic heterocycles. The summed E-state index contributed by atoms with van der Waals surface area (Å²) in [4.78, 5) is 24.9. The molecule has 1 heterocycles. The number of carbonyl (C=O) groups is 2. The van der Waals surface area contributed by atoms with E-state index in [-0.39, 0.29) is 18.2 Å². The van der Waals surface area contributed by atoms with E-state index in [9.17, 15) is 14.0 Å². The van der Waals surface area contributed by atoms with Crippen molar-refractivity contribution in [1.29, 1.82) is 0 Å². The Morgan fingerprint density at radius 1 is 1.29 bits per heavy atom. The Balaban J connectivity index is 2.00. The van der Waals surface area contributed by atoms with Crippen LogP contribution in [0, 0.1) is 11.7 Å². The molecular formula is C19H17FO4. The smallest absolute Gasteiger partial charge is 0.317 e. The number of halogens is 1. The van der Waals surface area contributed by atoms with Crippen molar-refractivity contribution in [1.82, 2.24) is 0 Å². The van der Waals surface area contributed by atoms with Crippen LogP contribution in [-0.4, -0.2) is 18.4 Å². The zero-order valence-electron chi connectivity index (χ0n) is 13.2. The van der Waals surface area contributed by atoms with Gasteiger partial charge in [-0.15, -0.1) is 0 Å². The maximum absolute atomic E-state index is 13.2. The van der Waals surface area contributed by atoms with E-state index in [2.05, 4.69) is 0 Å². The SMILES string of the molecule is CCOC(=O)[C@H]1C(=O)C=C(c2ccco2)C[C@@H]1c1ccc(F)cc1. The highest BCUT2D eigenvalue weighted by Crippen LogP contribution is 2.40. The standard InChI is InChI=1S/C19H17FO4/c1-2-23-19(22)18-15(12-5-7-14(20)8-6-12)10-13(11-16(18)21)17-4-3-9-24-17/h3-9,11,15,18H,2,10H2,1H3/t15-,18-/m1/s1. The highest BCUT2D eigenvalue weighted by molar-refractivity contribution is 6.10. The molecule has 2 atom stereocenters. The lowest BCUT2D eigenvalue weighted by Gasteiger charge is -2.28. The number of hydrogen-bond donors (Lipinski definition) is 0. The Kier molecular flexibility index (Phi) is 4.60. The second-order valence-electron chi connectivity index (χ2n) is 5.64. The average molecular weight is 328 g/mol. The van der Waals surface area contributed by atoms with E-state index in [1.54, 1.807) is 31.2 Å². The fourth-order valence-corrected chi connectivity index (χ4v) is 3.04. The summed E-state index contributed by atoms with van der Waals surface area (Å²) in [6.45, 7) is 1.90. The van der Waals surface area contributed by atoms with Gasteiger partial charge in [-0.3, -0.25) is 9.59 Å². The maximum atomic E-state index is 13.2. The second-order valence-corrected chi connectivity index (χ2v) is 5.64. The summed E-state index contributed by atoms with van der Waals surface area (Å²) in [5, 5.41) is 0. The first-order valence-corrected chi connectivity index (χ1v) is 7.80. The molecule has 1 aliphatic rings. The van der Waals surface area contributed by atoms with E-state index in [0.29, 0.717) is 12.2 Å². The predicted molar refractivity (Wildman–Crippen MR) is 85.6 cm³/mol. The van der Waals surface area contributed by atoms with Crippen LogP contribution in [0.15, 0.2) is 53.2 Å². The molecule has 24 heavy (non-hydrogen) atoms. The number of esters is 1. The number of ether oxygens (including phenoxy) is 1. The molecular weight excluding hydrogens is 311 g/mol. The third kappa shape index (κ3) is 3.15. The van der Waals surface area contributed by atoms with Gasteiger partial charge in [-0.05, 0) is 54.8 Å². The molecule has 0 unspecified atom stereocenters. The molecule has 0 bridgehead atoms. The maximum Gasteiger partial charge on any atom is 0.317 e. The normalized spacial score (nSPS) is 20.6. The molecule has 1 aromatic heterocycles. The van der Waals surface area contributed by atoms with Gasteiger partial charge < -0.3 is 9.15 Å². The Morgan fingerprint density at radius 3 is 2.67 bits per heavy atom. The molecule has 0 amide bonds. The van der Waals surface area contributed by atoms with E-state index < -0.39 is 17.8 Å². The molecule has 0 spiro atoms. The zero-order valence-corrected chi connectivity index (χ0v) is 13.2. The molecule has 0 N–H and O–H groups in total. The van der Waals surface area contributed by atoms with E-state index in [4.69, 9.17) is 9.15 Å². The molecule has 0 radical (unpaired) electrons. The second kappa shape index (κ2) is 6.83. The molecule has 4 nitrogen and oxygen atoms in total. The van der Waals surface area contributed by atoms with Crippen LogP contribution < -0.4 is 0 Å². The minimum atomic E-state index is -0.922. The van der Waals surface area contributed by atoms with E-state index >= 15 is 0 Å². The van der Waals surface area contributed by atoms with Crippen LogP contribution in [0.4, 0.5) is 4.39 Å². The van der Waals surface area contributed by atoms with Gasteiger partial charge in [-0.1, -0.05) is 12.1 Å². The Bertz CT molecular complexity index is 759. The first-order valence-electron chi connectivity index (χ1n) is 7.80. The van der Waals surface area contributed by atoms with Crippen LogP contribution in [0.25, 0.3) is 5.57 Å². The van der Waals surface area contributed by atoms with Gasteiger partial charge in [-0.2, -0.15) is 0 Å². The van der Waals surface area contributed by atoms with E-state index in [1.807, 2.05) is 0 Å². The fraction of sp³-hybridized carbons (Fsp3) is 0.263. The minimum absolute atomic E-state index is 0.202. The van der Waals surface area contributed by atoms with Crippen molar-refractivity contribution in [2.45, 2.75) is 19.3 Å². The molecule has 0 fully saturated rings. The van der Waals surface area contributed by atoms with Crippen LogP contribution >= 0.6 is 0 Å². The number of ketones is 1. The third-order valence-electron chi connectivity index (χ3n) is 4.14. The monoisotopic (exact) mass is 328 g/mol. The molecule has 1 aliphatic carbocycles. The van der Waals surface area contributed by atoms with Crippen molar-refractivity contribution >= 4 is 17.3 Å². The van der Waals surface area contributed by atoms with Gasteiger partial charge in [0.25, 0.3) is 0 Å². The number of hydrogen-bond acceptors (Lipinski definition) is 4. The fourth-order valence-electron chi connectivity index (χ4n) is 3.04. The van der Waals surface area contributed by atoms with Crippen LogP contribution in [-0.2, 0) is 14.3 Å². The van der Waals surface area contributed by atoms with Crippen LogP contribution in [0.1, 0.15) is 30.6 Å². The first kappa shape index (κ1) is 16.2. The molecule has 0 saturated heterocycles. The van der Waals surface area contributed by atoms with Crippen LogP contribution in [0.3, 0.4) is 0 Å². The van der Waals surface area contributed by atoms with Gasteiger partial charge in [0.05, 0.1) is 12.9 Å². The van der Waals surface area contributed by atoms with Crippen molar-refractivity contribution in [3.05, 3.63) is 65.9 Å². The molecule has 2 aromatic rings. The molecule has 1 aromatic carbocycles. The number of furan rings is 1. The van der Waals surface area contributed by atoms with E-state index in [1.165, 1.54) is 24.5 Å². The number of carbonyl (C=O) groups excluding carboxylic acids is 2. The highest BCUT2D eigenvalue weighted by Gasteiger charge is 2.40. The first-order chi connectivity index (χ1) is 11.6. The van der Waals surface area contributed by atoms with Crippen molar-refractivity contribution < 1.29 is 23.1 Å². The lowest BCUT2D eigenvalue weighted by Crippen LogP contribution is -2.34. The van der Waals surface area contributed by atoms with Crippen molar-refractivity contribution in [2.75, 3.05) is 6.61 Å². The average Bonchev–Trinajstić information content (AvgIpc) is 3.09. The predicted octanol–water partition coefficient (Wildman–Crippen LogP) is 3.74. The van der Waals surface area contributed by atoms with Crippen LogP contribution in [0.5, 0.6) is 0 Å². The summed E-state index contributed by atoms with van der Waals surface area (Å²) in [5.74, 6) is -1.98. The summed E-state index contributed by atoms with van der Waals surface area (Å²) >= 11 is 0. The van der Waals surface area contributed by atoms with Crippen molar-refractivity contribution in [2.24, 2.45) is 5.92 Å². The summed E-state index contributed by atoms with van der Waals surface area (Å²) in [6, 6.07) is 9.37. The Labute approximate surface area is 138 Å². The zero-order chi connectivity index (χ0) is 17.1. The third-order valence-corrected chi connectivity index (χ3v) is 4.14. The topological polar surface area (TPSA) is 56.5 Å². The minimum Gasteiger partial charge on any atom is -0.465 e. The van der Waals surface area contributed by atoms with Gasteiger partial charge >= 0.3 is 5.97 Å².